The molecular weight excluding hydrogens is 312 g/mol. The lowest BCUT2D eigenvalue weighted by atomic mass is 10.1. The standard InChI is InChI=1S/C20H24N4O/c1-6-24-15(4)17(11-21-24)12-23(5)20(25)18-10-16-9-13(2)7-8-19(16)22-14(18)3/h7-11H,6,12H2,1-5H3. The van der Waals surface area contributed by atoms with E-state index in [0.29, 0.717) is 12.1 Å². The van der Waals surface area contributed by atoms with E-state index in [1.807, 2.05) is 56.9 Å². The Balaban J connectivity index is 1.90. The summed E-state index contributed by atoms with van der Waals surface area (Å²) in [5.74, 6) is -0.0166. The zero-order chi connectivity index (χ0) is 18.1. The zero-order valence-electron chi connectivity index (χ0n) is 15.5. The van der Waals surface area contributed by atoms with Gasteiger partial charge in [0.1, 0.15) is 0 Å². The van der Waals surface area contributed by atoms with E-state index >= 15 is 0 Å². The van der Waals surface area contributed by atoms with Gasteiger partial charge in [-0.3, -0.25) is 14.5 Å². The molecule has 0 aliphatic rings. The molecule has 5 nitrogen and oxygen atoms in total. The number of hydrogen-bond donors (Lipinski definition) is 0. The Kier molecular flexibility index (Phi) is 4.57. The maximum atomic E-state index is 12.9. The Morgan fingerprint density at radius 2 is 1.96 bits per heavy atom. The fraction of sp³-hybridized carbons (Fsp3) is 0.350. The third-order valence-corrected chi connectivity index (χ3v) is 4.65. The number of hydrogen-bond acceptors (Lipinski definition) is 3. The lowest BCUT2D eigenvalue weighted by Gasteiger charge is -2.18. The molecule has 25 heavy (non-hydrogen) atoms. The minimum absolute atomic E-state index is 0.0166. The predicted molar refractivity (Wildman–Crippen MR) is 99.7 cm³/mol. The molecular formula is C20H24N4O. The first-order chi connectivity index (χ1) is 11.9. The number of aromatic nitrogens is 3. The van der Waals surface area contributed by atoms with Crippen LogP contribution < -0.4 is 0 Å². The molecule has 0 atom stereocenters. The summed E-state index contributed by atoms with van der Waals surface area (Å²) >= 11 is 0. The van der Waals surface area contributed by atoms with Gasteiger partial charge in [-0.1, -0.05) is 11.6 Å². The van der Waals surface area contributed by atoms with Crippen LogP contribution in [0.3, 0.4) is 0 Å². The van der Waals surface area contributed by atoms with Crippen molar-refractivity contribution in [2.24, 2.45) is 0 Å². The van der Waals surface area contributed by atoms with E-state index in [-0.39, 0.29) is 5.91 Å². The van der Waals surface area contributed by atoms with Crippen LogP contribution >= 0.6 is 0 Å². The van der Waals surface area contributed by atoms with Crippen LogP contribution in [-0.2, 0) is 13.1 Å². The largest absolute Gasteiger partial charge is 0.337 e. The quantitative estimate of drug-likeness (QED) is 0.731. The maximum Gasteiger partial charge on any atom is 0.255 e. The molecule has 1 amide bonds. The molecule has 0 aliphatic heterocycles. The predicted octanol–water partition coefficient (Wildman–Crippen LogP) is 3.65. The van der Waals surface area contributed by atoms with Gasteiger partial charge in [-0.05, 0) is 45.9 Å². The number of rotatable bonds is 4. The molecule has 0 N–H and O–H groups in total. The van der Waals surface area contributed by atoms with Crippen molar-refractivity contribution in [3.8, 4) is 0 Å². The summed E-state index contributed by atoms with van der Waals surface area (Å²) < 4.78 is 1.94. The van der Waals surface area contributed by atoms with Gasteiger partial charge in [-0.15, -0.1) is 0 Å². The molecule has 0 saturated heterocycles. The monoisotopic (exact) mass is 336 g/mol. The molecule has 0 bridgehead atoms. The second-order valence-electron chi connectivity index (χ2n) is 6.55. The fourth-order valence-electron chi connectivity index (χ4n) is 3.10. The minimum Gasteiger partial charge on any atom is -0.337 e. The van der Waals surface area contributed by atoms with E-state index in [4.69, 9.17) is 0 Å². The Bertz CT molecular complexity index is 942. The Labute approximate surface area is 148 Å². The second kappa shape index (κ2) is 6.67. The number of carbonyl (C=O) groups is 1. The summed E-state index contributed by atoms with van der Waals surface area (Å²) in [6.45, 7) is 9.40. The molecule has 0 saturated carbocycles. The summed E-state index contributed by atoms with van der Waals surface area (Å²) in [4.78, 5) is 19.3. The molecule has 5 heteroatoms. The molecule has 2 heterocycles. The number of fused-ring (bicyclic) bond motifs is 1. The molecule has 0 unspecified atom stereocenters. The molecule has 3 aromatic rings. The summed E-state index contributed by atoms with van der Waals surface area (Å²) in [6, 6.07) is 8.05. The van der Waals surface area contributed by atoms with E-state index in [9.17, 15) is 4.79 Å². The lowest BCUT2D eigenvalue weighted by Crippen LogP contribution is -2.27. The van der Waals surface area contributed by atoms with E-state index in [2.05, 4.69) is 23.1 Å². The van der Waals surface area contributed by atoms with E-state index in [1.165, 1.54) is 0 Å². The average Bonchev–Trinajstić information content (AvgIpc) is 2.94. The third kappa shape index (κ3) is 3.27. The van der Waals surface area contributed by atoms with Crippen molar-refractivity contribution in [3.63, 3.8) is 0 Å². The fourth-order valence-corrected chi connectivity index (χ4v) is 3.10. The van der Waals surface area contributed by atoms with Crippen LogP contribution in [0.2, 0.25) is 0 Å². The zero-order valence-corrected chi connectivity index (χ0v) is 15.5. The van der Waals surface area contributed by atoms with Crippen molar-refractivity contribution < 1.29 is 4.79 Å². The van der Waals surface area contributed by atoms with Crippen LogP contribution in [0.4, 0.5) is 0 Å². The topological polar surface area (TPSA) is 51.0 Å². The number of benzene rings is 1. The van der Waals surface area contributed by atoms with Gasteiger partial charge in [-0.25, -0.2) is 0 Å². The van der Waals surface area contributed by atoms with Crippen LogP contribution in [0.25, 0.3) is 10.9 Å². The summed E-state index contributed by atoms with van der Waals surface area (Å²) in [7, 11) is 1.82. The number of pyridine rings is 1. The maximum absolute atomic E-state index is 12.9. The first kappa shape index (κ1) is 17.1. The SMILES string of the molecule is CCn1ncc(CN(C)C(=O)c2cc3cc(C)ccc3nc2C)c1C. The van der Waals surface area contributed by atoms with Gasteiger partial charge >= 0.3 is 0 Å². The molecule has 3 rings (SSSR count). The van der Waals surface area contributed by atoms with Crippen LogP contribution in [0, 0.1) is 20.8 Å². The van der Waals surface area contributed by atoms with Crippen LogP contribution in [-0.4, -0.2) is 32.6 Å². The van der Waals surface area contributed by atoms with Crippen molar-refractivity contribution in [1.82, 2.24) is 19.7 Å². The normalized spacial score (nSPS) is 11.1. The van der Waals surface area contributed by atoms with Crippen LogP contribution in [0.15, 0.2) is 30.5 Å². The highest BCUT2D eigenvalue weighted by molar-refractivity contribution is 5.98. The van der Waals surface area contributed by atoms with E-state index in [0.717, 1.165) is 40.0 Å². The van der Waals surface area contributed by atoms with Crippen molar-refractivity contribution in [1.29, 1.82) is 0 Å². The third-order valence-electron chi connectivity index (χ3n) is 4.65. The Hall–Kier alpha value is -2.69. The molecule has 0 aliphatic carbocycles. The van der Waals surface area contributed by atoms with Gasteiger partial charge < -0.3 is 4.90 Å². The molecule has 130 valence electrons. The van der Waals surface area contributed by atoms with Crippen LogP contribution in [0.1, 0.15) is 39.8 Å². The molecule has 0 spiro atoms. The highest BCUT2D eigenvalue weighted by atomic mass is 16.2. The van der Waals surface area contributed by atoms with Crippen LogP contribution in [0.5, 0.6) is 0 Å². The molecule has 2 aromatic heterocycles. The summed E-state index contributed by atoms with van der Waals surface area (Å²) in [5, 5.41) is 5.35. The summed E-state index contributed by atoms with van der Waals surface area (Å²) in [5.41, 5.74) is 5.66. The van der Waals surface area contributed by atoms with E-state index < -0.39 is 0 Å². The smallest absolute Gasteiger partial charge is 0.255 e. The first-order valence-corrected chi connectivity index (χ1v) is 8.55. The number of carbonyl (C=O) groups excluding carboxylic acids is 1. The van der Waals surface area contributed by atoms with Gasteiger partial charge in [-0.2, -0.15) is 5.10 Å². The molecule has 0 fully saturated rings. The van der Waals surface area contributed by atoms with Crippen molar-refractivity contribution in [2.45, 2.75) is 40.8 Å². The van der Waals surface area contributed by atoms with Gasteiger partial charge in [0.2, 0.25) is 0 Å². The Morgan fingerprint density at radius 3 is 2.64 bits per heavy atom. The van der Waals surface area contributed by atoms with Gasteiger partial charge in [0.05, 0.1) is 23.0 Å². The first-order valence-electron chi connectivity index (χ1n) is 8.55. The number of aryl methyl sites for hydroxylation is 3. The van der Waals surface area contributed by atoms with Crippen molar-refractivity contribution >= 4 is 16.8 Å². The number of nitrogens with zero attached hydrogens (tertiary/aromatic N) is 4. The highest BCUT2D eigenvalue weighted by Crippen LogP contribution is 2.20. The second-order valence-corrected chi connectivity index (χ2v) is 6.55. The van der Waals surface area contributed by atoms with Gasteiger partial charge in [0, 0.05) is 36.8 Å². The highest BCUT2D eigenvalue weighted by Gasteiger charge is 2.18. The average molecular weight is 336 g/mol. The van der Waals surface area contributed by atoms with Crippen molar-refractivity contribution in [3.05, 3.63) is 58.5 Å². The van der Waals surface area contributed by atoms with E-state index in [1.54, 1.807) is 4.90 Å². The number of amides is 1. The Morgan fingerprint density at radius 1 is 1.20 bits per heavy atom. The van der Waals surface area contributed by atoms with Gasteiger partial charge in [0.25, 0.3) is 5.91 Å². The summed E-state index contributed by atoms with van der Waals surface area (Å²) in [6.07, 6.45) is 1.84. The lowest BCUT2D eigenvalue weighted by molar-refractivity contribution is 0.0784. The van der Waals surface area contributed by atoms with Gasteiger partial charge in [0.15, 0.2) is 0 Å². The molecule has 1 aromatic carbocycles. The van der Waals surface area contributed by atoms with Crippen molar-refractivity contribution in [2.75, 3.05) is 7.05 Å². The minimum atomic E-state index is -0.0166. The molecule has 0 radical (unpaired) electrons.